The normalized spacial score (nSPS) is 50.6. The topological polar surface area (TPSA) is 0 Å². The predicted molar refractivity (Wildman–Crippen MR) is 94.5 cm³/mol. The van der Waals surface area contributed by atoms with Gasteiger partial charge in [0.25, 0.3) is 0 Å². The van der Waals surface area contributed by atoms with E-state index in [-0.39, 0.29) is 0 Å². The molecule has 0 nitrogen and oxygen atoms in total. The molecule has 3 saturated carbocycles. The van der Waals surface area contributed by atoms with E-state index in [9.17, 15) is 0 Å². The molecule has 22 heavy (non-hydrogen) atoms. The van der Waals surface area contributed by atoms with Gasteiger partial charge in [-0.05, 0) is 85.9 Å². The molecule has 4 rings (SSSR count). The molecule has 4 aliphatic rings. The van der Waals surface area contributed by atoms with Gasteiger partial charge in [-0.2, -0.15) is 0 Å². The van der Waals surface area contributed by atoms with Crippen LogP contribution in [0.25, 0.3) is 0 Å². The minimum atomic E-state index is 0.484. The Hall–Kier alpha value is -0.780. The second kappa shape index (κ2) is 4.86. The summed E-state index contributed by atoms with van der Waals surface area (Å²) in [5.74, 6) is 3.63. The fraction of sp³-hybridized carbons (Fsp3) is 0.727. The van der Waals surface area contributed by atoms with Crippen LogP contribution in [0.1, 0.15) is 65.2 Å². The summed E-state index contributed by atoms with van der Waals surface area (Å²) in [4.78, 5) is 0. The molecule has 120 valence electrons. The van der Waals surface area contributed by atoms with Crippen LogP contribution in [0.2, 0.25) is 0 Å². The summed E-state index contributed by atoms with van der Waals surface area (Å²) in [6.45, 7) is 13.6. The minimum absolute atomic E-state index is 0.484. The molecule has 6 atom stereocenters. The summed E-state index contributed by atoms with van der Waals surface area (Å²) < 4.78 is 0. The molecule has 0 bridgehead atoms. The van der Waals surface area contributed by atoms with Crippen LogP contribution >= 0.6 is 0 Å². The molecule has 6 unspecified atom stereocenters. The highest BCUT2D eigenvalue weighted by molar-refractivity contribution is 5.33. The van der Waals surface area contributed by atoms with E-state index in [0.29, 0.717) is 10.8 Å². The third-order valence-corrected chi connectivity index (χ3v) is 8.44. The summed E-state index contributed by atoms with van der Waals surface area (Å²) in [5, 5.41) is 0. The van der Waals surface area contributed by atoms with E-state index in [2.05, 4.69) is 39.2 Å². The number of rotatable bonds is 1. The van der Waals surface area contributed by atoms with Gasteiger partial charge in [0.1, 0.15) is 0 Å². The fourth-order valence-corrected chi connectivity index (χ4v) is 7.08. The quantitative estimate of drug-likeness (QED) is 0.497. The largest absolute Gasteiger partial charge is 0.103 e. The molecule has 0 N–H and O–H groups in total. The van der Waals surface area contributed by atoms with Crippen LogP contribution in [0, 0.1) is 34.5 Å². The second-order valence-corrected chi connectivity index (χ2v) is 9.12. The van der Waals surface area contributed by atoms with Gasteiger partial charge >= 0.3 is 0 Å². The van der Waals surface area contributed by atoms with Gasteiger partial charge in [0.15, 0.2) is 0 Å². The molecule has 3 fully saturated rings. The average molecular weight is 296 g/mol. The predicted octanol–water partition coefficient (Wildman–Crippen LogP) is 6.31. The van der Waals surface area contributed by atoms with Gasteiger partial charge in [0.05, 0.1) is 0 Å². The fourth-order valence-electron chi connectivity index (χ4n) is 7.08. The molecule has 0 aliphatic heterocycles. The Morgan fingerprint density at radius 3 is 2.64 bits per heavy atom. The van der Waals surface area contributed by atoms with Gasteiger partial charge in [-0.15, -0.1) is 6.58 Å². The van der Waals surface area contributed by atoms with Crippen LogP contribution in [0.15, 0.2) is 36.5 Å². The van der Waals surface area contributed by atoms with E-state index in [4.69, 9.17) is 0 Å². The van der Waals surface area contributed by atoms with Gasteiger partial charge in [0.2, 0.25) is 0 Å². The van der Waals surface area contributed by atoms with Crippen molar-refractivity contribution < 1.29 is 0 Å². The van der Waals surface area contributed by atoms with Crippen molar-refractivity contribution in [3.8, 4) is 0 Å². The first-order valence-corrected chi connectivity index (χ1v) is 9.50. The molecule has 4 aliphatic carbocycles. The lowest BCUT2D eigenvalue weighted by Crippen LogP contribution is -2.49. The summed E-state index contributed by atoms with van der Waals surface area (Å²) in [6, 6.07) is 0. The number of hydrogen-bond donors (Lipinski definition) is 0. The Balaban J connectivity index is 1.68. The molecular weight excluding hydrogens is 264 g/mol. The van der Waals surface area contributed by atoms with Crippen LogP contribution in [0.5, 0.6) is 0 Å². The molecule has 0 heteroatoms. The zero-order valence-corrected chi connectivity index (χ0v) is 14.5. The van der Waals surface area contributed by atoms with Crippen LogP contribution < -0.4 is 0 Å². The molecule has 0 aromatic heterocycles. The van der Waals surface area contributed by atoms with E-state index >= 15 is 0 Å². The molecule has 0 amide bonds. The van der Waals surface area contributed by atoms with Crippen molar-refractivity contribution in [2.45, 2.75) is 65.2 Å². The zero-order valence-electron chi connectivity index (χ0n) is 14.5. The Bertz CT molecular complexity index is 538. The van der Waals surface area contributed by atoms with Gasteiger partial charge in [-0.1, -0.05) is 43.7 Å². The third-order valence-electron chi connectivity index (χ3n) is 8.44. The Labute approximate surface area is 136 Å². The Kier molecular flexibility index (Phi) is 3.26. The van der Waals surface area contributed by atoms with E-state index in [1.165, 1.54) is 56.9 Å². The van der Waals surface area contributed by atoms with Crippen LogP contribution in [-0.2, 0) is 0 Å². The van der Waals surface area contributed by atoms with Gasteiger partial charge in [-0.25, -0.2) is 0 Å². The van der Waals surface area contributed by atoms with Crippen molar-refractivity contribution in [2.75, 3.05) is 0 Å². The van der Waals surface area contributed by atoms with Crippen LogP contribution in [0.4, 0.5) is 0 Å². The summed E-state index contributed by atoms with van der Waals surface area (Å²) in [6.07, 6.45) is 15.8. The number of fused-ring (bicyclic) bond motifs is 5. The Morgan fingerprint density at radius 2 is 1.86 bits per heavy atom. The second-order valence-electron chi connectivity index (χ2n) is 9.12. The summed E-state index contributed by atoms with van der Waals surface area (Å²) >= 11 is 0. The van der Waals surface area contributed by atoms with E-state index in [0.717, 1.165) is 23.7 Å². The molecule has 0 aromatic carbocycles. The highest BCUT2D eigenvalue weighted by atomic mass is 14.6. The molecule has 0 aromatic rings. The standard InChI is InChI=1S/C22H32/c1-5-16-7-9-19-18-8-6-17-14-15(2)10-12-22(17,4)20(18)11-13-21(16,19)3/h5,14,16,18-20H,1-2,6-13H2,3-4H3. The number of hydrogen-bond acceptors (Lipinski definition) is 0. The molecule has 0 radical (unpaired) electrons. The van der Waals surface area contributed by atoms with Crippen molar-refractivity contribution in [1.82, 2.24) is 0 Å². The van der Waals surface area contributed by atoms with Gasteiger partial charge in [0, 0.05) is 0 Å². The lowest BCUT2D eigenvalue weighted by molar-refractivity contribution is -0.0438. The van der Waals surface area contributed by atoms with Crippen molar-refractivity contribution in [1.29, 1.82) is 0 Å². The van der Waals surface area contributed by atoms with E-state index in [1.54, 1.807) is 5.57 Å². The lowest BCUT2D eigenvalue weighted by atomic mass is 9.47. The van der Waals surface area contributed by atoms with Crippen molar-refractivity contribution in [3.63, 3.8) is 0 Å². The highest BCUT2D eigenvalue weighted by Gasteiger charge is 2.58. The number of allylic oxidation sites excluding steroid dienone is 4. The average Bonchev–Trinajstić information content (AvgIpc) is 2.84. The SMILES string of the molecule is C=CC1CCC2C3CCC4=CC(=C)CCC4(C)C3CCC12C. The Morgan fingerprint density at radius 1 is 1.05 bits per heavy atom. The molecule has 0 heterocycles. The highest BCUT2D eigenvalue weighted by Crippen LogP contribution is 2.66. The first-order valence-electron chi connectivity index (χ1n) is 9.50. The van der Waals surface area contributed by atoms with Crippen molar-refractivity contribution in [2.24, 2.45) is 34.5 Å². The first-order chi connectivity index (χ1) is 10.5. The summed E-state index contributed by atoms with van der Waals surface area (Å²) in [5.41, 5.74) is 4.15. The van der Waals surface area contributed by atoms with Gasteiger partial charge < -0.3 is 0 Å². The monoisotopic (exact) mass is 296 g/mol. The maximum Gasteiger partial charge on any atom is -0.00790 e. The molecule has 0 spiro atoms. The van der Waals surface area contributed by atoms with Crippen molar-refractivity contribution in [3.05, 3.63) is 36.5 Å². The molecule has 0 saturated heterocycles. The smallest absolute Gasteiger partial charge is 0.00790 e. The lowest BCUT2D eigenvalue weighted by Gasteiger charge is -2.58. The van der Waals surface area contributed by atoms with Crippen LogP contribution in [-0.4, -0.2) is 0 Å². The maximum atomic E-state index is 4.24. The zero-order chi connectivity index (χ0) is 15.5. The molecular formula is C22H32. The maximum absolute atomic E-state index is 4.24. The van der Waals surface area contributed by atoms with E-state index in [1.807, 2.05) is 0 Å². The van der Waals surface area contributed by atoms with Crippen molar-refractivity contribution >= 4 is 0 Å². The third kappa shape index (κ3) is 1.82. The summed E-state index contributed by atoms with van der Waals surface area (Å²) in [7, 11) is 0. The van der Waals surface area contributed by atoms with Crippen LogP contribution in [0.3, 0.4) is 0 Å². The first kappa shape index (κ1) is 14.8. The van der Waals surface area contributed by atoms with E-state index < -0.39 is 0 Å². The minimum Gasteiger partial charge on any atom is -0.103 e. The van der Waals surface area contributed by atoms with Gasteiger partial charge in [-0.3, -0.25) is 0 Å².